The van der Waals surface area contributed by atoms with Crippen molar-refractivity contribution in [2.45, 2.75) is 18.9 Å². The van der Waals surface area contributed by atoms with Crippen LogP contribution in [0.25, 0.3) is 10.8 Å². The molecule has 3 heterocycles. The molecule has 7 nitrogen and oxygen atoms in total. The van der Waals surface area contributed by atoms with E-state index in [2.05, 4.69) is 27.2 Å². The van der Waals surface area contributed by atoms with E-state index >= 15 is 0 Å². The number of rotatable bonds is 2. The Kier molecular flexibility index (Phi) is 4.01. The molecule has 1 aromatic carbocycles. The fourth-order valence-corrected chi connectivity index (χ4v) is 3.48. The molecule has 7 heteroatoms. The highest BCUT2D eigenvalue weighted by molar-refractivity contribution is 5.86. The van der Waals surface area contributed by atoms with Gasteiger partial charge in [-0.25, -0.2) is 4.68 Å². The number of nitrogens with zero attached hydrogens (tertiary/aromatic N) is 3. The standard InChI is InChI=1S/C18H21N5O2/c1-12-2-5-16(17(24)21-12)23-18(25)15-10-14(4-3-13(15)11-20-23)22-8-6-19-7-9-22/h3-4,10-11,16,19H,1-2,5-9H2,(H,21,24). The van der Waals surface area contributed by atoms with Crippen LogP contribution in [0.3, 0.4) is 0 Å². The molecule has 1 amide bonds. The fraction of sp³-hybridized carbons (Fsp3) is 0.389. The molecule has 2 aromatic rings. The van der Waals surface area contributed by atoms with Crippen molar-refractivity contribution in [3.63, 3.8) is 0 Å². The van der Waals surface area contributed by atoms with E-state index in [0.29, 0.717) is 23.9 Å². The maximum absolute atomic E-state index is 13.0. The molecule has 25 heavy (non-hydrogen) atoms. The summed E-state index contributed by atoms with van der Waals surface area (Å²) >= 11 is 0. The molecule has 0 aliphatic carbocycles. The van der Waals surface area contributed by atoms with Crippen LogP contribution in [-0.2, 0) is 4.79 Å². The number of hydrogen-bond donors (Lipinski definition) is 2. The second kappa shape index (κ2) is 6.33. The summed E-state index contributed by atoms with van der Waals surface area (Å²) in [4.78, 5) is 27.4. The molecule has 2 aliphatic rings. The van der Waals surface area contributed by atoms with E-state index in [4.69, 9.17) is 0 Å². The summed E-state index contributed by atoms with van der Waals surface area (Å²) in [5, 5.41) is 11.7. The molecule has 2 fully saturated rings. The first kappa shape index (κ1) is 15.8. The van der Waals surface area contributed by atoms with Crippen molar-refractivity contribution in [3.05, 3.63) is 47.0 Å². The molecule has 0 spiro atoms. The highest BCUT2D eigenvalue weighted by Crippen LogP contribution is 2.23. The number of aromatic nitrogens is 2. The van der Waals surface area contributed by atoms with Crippen molar-refractivity contribution in [3.8, 4) is 0 Å². The quantitative estimate of drug-likeness (QED) is 0.845. The topological polar surface area (TPSA) is 79.3 Å². The van der Waals surface area contributed by atoms with Crippen molar-refractivity contribution in [2.75, 3.05) is 31.1 Å². The first-order valence-corrected chi connectivity index (χ1v) is 8.59. The van der Waals surface area contributed by atoms with Gasteiger partial charge in [0.15, 0.2) is 0 Å². The van der Waals surface area contributed by atoms with Crippen molar-refractivity contribution in [2.24, 2.45) is 0 Å². The summed E-state index contributed by atoms with van der Waals surface area (Å²) in [5.74, 6) is -0.219. The summed E-state index contributed by atoms with van der Waals surface area (Å²) in [7, 11) is 0. The lowest BCUT2D eigenvalue weighted by molar-refractivity contribution is -0.125. The van der Waals surface area contributed by atoms with Gasteiger partial charge in [-0.3, -0.25) is 9.59 Å². The van der Waals surface area contributed by atoms with Crippen molar-refractivity contribution in [1.29, 1.82) is 0 Å². The average Bonchev–Trinajstić information content (AvgIpc) is 2.63. The number of fused-ring (bicyclic) bond motifs is 1. The number of benzene rings is 1. The van der Waals surface area contributed by atoms with Crippen LogP contribution in [0, 0.1) is 0 Å². The average molecular weight is 339 g/mol. The van der Waals surface area contributed by atoms with Gasteiger partial charge in [0.2, 0.25) is 5.91 Å². The Bertz CT molecular complexity index is 898. The lowest BCUT2D eigenvalue weighted by Gasteiger charge is -2.29. The first-order chi connectivity index (χ1) is 12.1. The zero-order valence-corrected chi connectivity index (χ0v) is 14.0. The molecular weight excluding hydrogens is 318 g/mol. The van der Waals surface area contributed by atoms with Gasteiger partial charge in [-0.15, -0.1) is 0 Å². The molecule has 4 rings (SSSR count). The number of allylic oxidation sites excluding steroid dienone is 1. The maximum atomic E-state index is 13.0. The first-order valence-electron chi connectivity index (χ1n) is 8.59. The number of piperazine rings is 1. The number of nitrogens with one attached hydrogen (secondary N) is 2. The molecule has 0 radical (unpaired) electrons. The van der Waals surface area contributed by atoms with Crippen molar-refractivity contribution < 1.29 is 4.79 Å². The monoisotopic (exact) mass is 339 g/mol. The van der Waals surface area contributed by atoms with Gasteiger partial charge in [0.25, 0.3) is 5.56 Å². The van der Waals surface area contributed by atoms with Gasteiger partial charge in [0.05, 0.1) is 11.6 Å². The molecule has 2 saturated heterocycles. The highest BCUT2D eigenvalue weighted by Gasteiger charge is 2.27. The van der Waals surface area contributed by atoms with Crippen LogP contribution in [0.4, 0.5) is 5.69 Å². The second-order valence-electron chi connectivity index (χ2n) is 6.55. The number of piperidine rings is 1. The fourth-order valence-electron chi connectivity index (χ4n) is 3.48. The molecule has 2 N–H and O–H groups in total. The Labute approximate surface area is 145 Å². The van der Waals surface area contributed by atoms with Crippen LogP contribution in [0.15, 0.2) is 41.5 Å². The van der Waals surface area contributed by atoms with E-state index in [0.717, 1.165) is 37.3 Å². The smallest absolute Gasteiger partial charge is 0.275 e. The summed E-state index contributed by atoms with van der Waals surface area (Å²) in [6, 6.07) is 5.29. The third-order valence-electron chi connectivity index (χ3n) is 4.90. The normalized spacial score (nSPS) is 21.4. The molecule has 0 saturated carbocycles. The van der Waals surface area contributed by atoms with Gasteiger partial charge >= 0.3 is 0 Å². The van der Waals surface area contributed by atoms with E-state index < -0.39 is 6.04 Å². The van der Waals surface area contributed by atoms with Crippen LogP contribution in [0.5, 0.6) is 0 Å². The molecule has 1 unspecified atom stereocenters. The molecular formula is C18H21N5O2. The van der Waals surface area contributed by atoms with E-state index in [1.54, 1.807) is 6.20 Å². The zero-order chi connectivity index (χ0) is 17.4. The van der Waals surface area contributed by atoms with Gasteiger partial charge in [-0.1, -0.05) is 12.6 Å². The largest absolute Gasteiger partial charge is 0.369 e. The Hall–Kier alpha value is -2.67. The number of anilines is 1. The van der Waals surface area contributed by atoms with Crippen LogP contribution in [-0.4, -0.2) is 41.9 Å². The molecule has 1 aromatic heterocycles. The van der Waals surface area contributed by atoms with Gasteiger partial charge in [0.1, 0.15) is 6.04 Å². The number of hydrogen-bond acceptors (Lipinski definition) is 5. The molecule has 130 valence electrons. The SMILES string of the molecule is C=C1CCC(n2ncc3ccc(N4CCNCC4)cc3c2=O)C(=O)N1. The predicted octanol–water partition coefficient (Wildman–Crippen LogP) is 0.771. The van der Waals surface area contributed by atoms with Crippen molar-refractivity contribution in [1.82, 2.24) is 20.4 Å². The van der Waals surface area contributed by atoms with Crippen LogP contribution < -0.4 is 21.1 Å². The van der Waals surface area contributed by atoms with Gasteiger partial charge in [0, 0.05) is 42.9 Å². The van der Waals surface area contributed by atoms with E-state index in [1.165, 1.54) is 4.68 Å². The Morgan fingerprint density at radius 2 is 2.00 bits per heavy atom. The Balaban J connectivity index is 1.74. The minimum Gasteiger partial charge on any atom is -0.369 e. The van der Waals surface area contributed by atoms with E-state index in [9.17, 15) is 9.59 Å². The van der Waals surface area contributed by atoms with E-state index in [-0.39, 0.29) is 11.5 Å². The van der Waals surface area contributed by atoms with E-state index in [1.807, 2.05) is 18.2 Å². The Morgan fingerprint density at radius 3 is 2.76 bits per heavy atom. The van der Waals surface area contributed by atoms with Gasteiger partial charge in [-0.05, 0) is 25.0 Å². The summed E-state index contributed by atoms with van der Waals surface area (Å²) < 4.78 is 1.31. The minimum absolute atomic E-state index is 0.219. The van der Waals surface area contributed by atoms with Crippen LogP contribution in [0.1, 0.15) is 18.9 Å². The lowest BCUT2D eigenvalue weighted by Crippen LogP contribution is -2.43. The number of carbonyl (C=O) groups is 1. The maximum Gasteiger partial charge on any atom is 0.275 e. The van der Waals surface area contributed by atoms with Crippen molar-refractivity contribution >= 4 is 22.4 Å². The number of carbonyl (C=O) groups excluding carboxylic acids is 1. The third-order valence-corrected chi connectivity index (χ3v) is 4.90. The summed E-state index contributed by atoms with van der Waals surface area (Å²) in [5.41, 5.74) is 1.50. The predicted molar refractivity (Wildman–Crippen MR) is 96.6 cm³/mol. The number of amides is 1. The van der Waals surface area contributed by atoms with Crippen LogP contribution in [0.2, 0.25) is 0 Å². The Morgan fingerprint density at radius 1 is 1.20 bits per heavy atom. The lowest BCUT2D eigenvalue weighted by atomic mass is 10.0. The summed E-state index contributed by atoms with van der Waals surface area (Å²) in [6.45, 7) is 7.48. The second-order valence-corrected chi connectivity index (χ2v) is 6.55. The molecule has 1 atom stereocenters. The minimum atomic E-state index is -0.578. The zero-order valence-electron chi connectivity index (χ0n) is 14.0. The van der Waals surface area contributed by atoms with Gasteiger partial charge < -0.3 is 15.5 Å². The molecule has 0 bridgehead atoms. The molecule has 2 aliphatic heterocycles. The summed E-state index contributed by atoms with van der Waals surface area (Å²) in [6.07, 6.45) is 2.86. The highest BCUT2D eigenvalue weighted by atomic mass is 16.2. The van der Waals surface area contributed by atoms with Gasteiger partial charge in [-0.2, -0.15) is 5.10 Å². The third kappa shape index (κ3) is 2.91. The van der Waals surface area contributed by atoms with Crippen LogP contribution >= 0.6 is 0 Å².